The Balaban J connectivity index is 1.86. The van der Waals surface area contributed by atoms with Crippen molar-refractivity contribution in [2.75, 3.05) is 4.90 Å². The summed E-state index contributed by atoms with van der Waals surface area (Å²) in [7, 11) is 0. The molecule has 0 heterocycles. The molecule has 5 aromatic rings. The van der Waals surface area contributed by atoms with Gasteiger partial charge in [-0.25, -0.2) is 4.39 Å². The molecule has 1 nitrogen and oxygen atoms in total. The second-order valence-electron chi connectivity index (χ2n) is 6.81. The molecule has 0 bridgehead atoms. The number of nitrogens with zero attached hydrogens (tertiary/aromatic N) is 1. The second kappa shape index (κ2) is 6.82. The fourth-order valence-electron chi connectivity index (χ4n) is 3.83. The monoisotopic (exact) mass is 363 g/mol. The van der Waals surface area contributed by atoms with Crippen molar-refractivity contribution < 1.29 is 4.39 Å². The molecule has 0 saturated heterocycles. The van der Waals surface area contributed by atoms with Crippen molar-refractivity contribution in [3.8, 4) is 0 Å². The van der Waals surface area contributed by atoms with Crippen LogP contribution in [0.25, 0.3) is 21.5 Å². The molecule has 28 heavy (non-hydrogen) atoms. The zero-order chi connectivity index (χ0) is 18.9. The molecule has 0 atom stereocenters. The van der Waals surface area contributed by atoms with Gasteiger partial charge in [0.2, 0.25) is 0 Å². The highest BCUT2D eigenvalue weighted by Gasteiger charge is 2.17. The standard InChI is InChI=1S/C26H18FN/c27-21-12-7-13-22(18-21)28(25-16-5-10-19-8-1-3-14-23(19)25)26-17-6-11-20-9-2-4-15-24(20)26/h1-18H. The number of rotatable bonds is 3. The summed E-state index contributed by atoms with van der Waals surface area (Å²) in [5.74, 6) is -0.247. The summed E-state index contributed by atoms with van der Waals surface area (Å²) in [6.45, 7) is 0. The number of hydrogen-bond donors (Lipinski definition) is 0. The van der Waals surface area contributed by atoms with Crippen molar-refractivity contribution in [1.82, 2.24) is 0 Å². The highest BCUT2D eigenvalue weighted by atomic mass is 19.1. The molecular formula is C26H18FN. The van der Waals surface area contributed by atoms with Crippen LogP contribution in [0.5, 0.6) is 0 Å². The van der Waals surface area contributed by atoms with E-state index in [9.17, 15) is 4.39 Å². The SMILES string of the molecule is Fc1cccc(N(c2cccc3ccccc23)c2cccc3ccccc23)c1. The number of anilines is 3. The molecule has 5 aromatic carbocycles. The minimum Gasteiger partial charge on any atom is -0.309 e. The molecule has 134 valence electrons. The van der Waals surface area contributed by atoms with Gasteiger partial charge in [-0.3, -0.25) is 0 Å². The average molecular weight is 363 g/mol. The summed E-state index contributed by atoms with van der Waals surface area (Å²) in [6.07, 6.45) is 0. The zero-order valence-electron chi connectivity index (χ0n) is 15.2. The van der Waals surface area contributed by atoms with Crippen LogP contribution in [-0.2, 0) is 0 Å². The lowest BCUT2D eigenvalue weighted by molar-refractivity contribution is 0.628. The van der Waals surface area contributed by atoms with Gasteiger partial charge < -0.3 is 4.90 Å². The summed E-state index contributed by atoms with van der Waals surface area (Å²) in [6, 6.07) is 35.9. The number of halogens is 1. The van der Waals surface area contributed by atoms with E-state index in [-0.39, 0.29) is 5.82 Å². The van der Waals surface area contributed by atoms with E-state index in [1.165, 1.54) is 6.07 Å². The minimum atomic E-state index is -0.247. The predicted octanol–water partition coefficient (Wildman–Crippen LogP) is 7.60. The van der Waals surface area contributed by atoms with Crippen LogP contribution < -0.4 is 4.90 Å². The van der Waals surface area contributed by atoms with Crippen molar-refractivity contribution in [2.45, 2.75) is 0 Å². The van der Waals surface area contributed by atoms with Gasteiger partial charge in [0.05, 0.1) is 11.4 Å². The second-order valence-corrected chi connectivity index (χ2v) is 6.81. The van der Waals surface area contributed by atoms with Crippen molar-refractivity contribution in [3.63, 3.8) is 0 Å². The molecule has 5 rings (SSSR count). The lowest BCUT2D eigenvalue weighted by Crippen LogP contribution is -2.11. The van der Waals surface area contributed by atoms with Gasteiger partial charge in [0, 0.05) is 16.5 Å². The van der Waals surface area contributed by atoms with Gasteiger partial charge in [0.1, 0.15) is 5.82 Å². The first-order chi connectivity index (χ1) is 13.8. The van der Waals surface area contributed by atoms with Crippen LogP contribution in [0.4, 0.5) is 21.5 Å². The van der Waals surface area contributed by atoms with E-state index >= 15 is 0 Å². The van der Waals surface area contributed by atoms with Gasteiger partial charge in [0.15, 0.2) is 0 Å². The molecule has 2 heteroatoms. The van der Waals surface area contributed by atoms with Crippen LogP contribution in [0.2, 0.25) is 0 Å². The lowest BCUT2D eigenvalue weighted by atomic mass is 10.0. The molecule has 0 saturated carbocycles. The molecule has 0 aliphatic carbocycles. The van der Waals surface area contributed by atoms with Crippen LogP contribution in [0, 0.1) is 5.82 Å². The van der Waals surface area contributed by atoms with E-state index < -0.39 is 0 Å². The van der Waals surface area contributed by atoms with Crippen molar-refractivity contribution in [3.05, 3.63) is 115 Å². The minimum absolute atomic E-state index is 0.247. The zero-order valence-corrected chi connectivity index (χ0v) is 15.2. The molecule has 0 N–H and O–H groups in total. The Morgan fingerprint density at radius 2 is 1.00 bits per heavy atom. The largest absolute Gasteiger partial charge is 0.309 e. The third-order valence-electron chi connectivity index (χ3n) is 5.08. The van der Waals surface area contributed by atoms with E-state index in [2.05, 4.69) is 65.6 Å². The van der Waals surface area contributed by atoms with E-state index in [1.54, 1.807) is 12.1 Å². The molecule has 0 aliphatic heterocycles. The molecule has 0 aliphatic rings. The maximum atomic E-state index is 14.2. The van der Waals surface area contributed by atoms with Gasteiger partial charge in [-0.05, 0) is 41.1 Å². The summed E-state index contributed by atoms with van der Waals surface area (Å²) in [5, 5.41) is 4.56. The van der Waals surface area contributed by atoms with Gasteiger partial charge in [-0.2, -0.15) is 0 Å². The fourth-order valence-corrected chi connectivity index (χ4v) is 3.83. The third kappa shape index (κ3) is 2.80. The van der Waals surface area contributed by atoms with Crippen LogP contribution in [0.1, 0.15) is 0 Å². The molecule has 0 aromatic heterocycles. The Morgan fingerprint density at radius 3 is 1.57 bits per heavy atom. The fraction of sp³-hybridized carbons (Fsp3) is 0. The molecule has 0 amide bonds. The Hall–Kier alpha value is -3.65. The number of fused-ring (bicyclic) bond motifs is 2. The summed E-state index contributed by atoms with van der Waals surface area (Å²) in [5.41, 5.74) is 2.85. The summed E-state index contributed by atoms with van der Waals surface area (Å²) in [4.78, 5) is 2.15. The predicted molar refractivity (Wildman–Crippen MR) is 116 cm³/mol. The van der Waals surface area contributed by atoms with Crippen molar-refractivity contribution in [2.24, 2.45) is 0 Å². The Labute approximate surface area is 163 Å². The van der Waals surface area contributed by atoms with Crippen LogP contribution in [0.3, 0.4) is 0 Å². The maximum Gasteiger partial charge on any atom is 0.125 e. The van der Waals surface area contributed by atoms with E-state index in [4.69, 9.17) is 0 Å². The topological polar surface area (TPSA) is 3.24 Å². The van der Waals surface area contributed by atoms with Crippen LogP contribution in [-0.4, -0.2) is 0 Å². The summed E-state index contributed by atoms with van der Waals surface area (Å²) >= 11 is 0. The number of hydrogen-bond acceptors (Lipinski definition) is 1. The van der Waals surface area contributed by atoms with Gasteiger partial charge in [0.25, 0.3) is 0 Å². The van der Waals surface area contributed by atoms with Crippen molar-refractivity contribution >= 4 is 38.6 Å². The Kier molecular flexibility index (Phi) is 4.02. The molecule has 0 fully saturated rings. The molecular weight excluding hydrogens is 345 g/mol. The quantitative estimate of drug-likeness (QED) is 0.319. The molecule has 0 spiro atoms. The van der Waals surface area contributed by atoms with E-state index in [0.717, 1.165) is 38.6 Å². The van der Waals surface area contributed by atoms with E-state index in [0.29, 0.717) is 0 Å². The third-order valence-corrected chi connectivity index (χ3v) is 5.08. The number of benzene rings is 5. The normalized spacial score (nSPS) is 11.0. The lowest BCUT2D eigenvalue weighted by Gasteiger charge is -2.28. The first-order valence-electron chi connectivity index (χ1n) is 9.32. The molecule has 0 radical (unpaired) electrons. The summed E-state index contributed by atoms with van der Waals surface area (Å²) < 4.78 is 14.2. The molecule has 0 unspecified atom stereocenters. The maximum absolute atomic E-state index is 14.2. The van der Waals surface area contributed by atoms with Crippen LogP contribution >= 0.6 is 0 Å². The highest BCUT2D eigenvalue weighted by molar-refractivity contribution is 6.04. The van der Waals surface area contributed by atoms with Crippen molar-refractivity contribution in [1.29, 1.82) is 0 Å². The van der Waals surface area contributed by atoms with Gasteiger partial charge in [-0.15, -0.1) is 0 Å². The first-order valence-corrected chi connectivity index (χ1v) is 9.32. The highest BCUT2D eigenvalue weighted by Crippen LogP contribution is 2.41. The van der Waals surface area contributed by atoms with Gasteiger partial charge >= 0.3 is 0 Å². The van der Waals surface area contributed by atoms with Gasteiger partial charge in [-0.1, -0.05) is 78.9 Å². The average Bonchev–Trinajstić information content (AvgIpc) is 2.74. The Bertz CT molecular complexity index is 1200. The first kappa shape index (κ1) is 16.5. The smallest absolute Gasteiger partial charge is 0.125 e. The van der Waals surface area contributed by atoms with E-state index in [1.807, 2.05) is 30.3 Å². The Morgan fingerprint density at radius 1 is 0.500 bits per heavy atom. The van der Waals surface area contributed by atoms with Crippen LogP contribution in [0.15, 0.2) is 109 Å².